The molecule has 0 aliphatic carbocycles. The van der Waals surface area contributed by atoms with Crippen LogP contribution in [0.2, 0.25) is 5.02 Å². The Morgan fingerprint density at radius 3 is 2.58 bits per heavy atom. The van der Waals surface area contributed by atoms with Gasteiger partial charge in [0.05, 0.1) is 17.6 Å². The first-order valence-electron chi connectivity index (χ1n) is 9.01. The third-order valence-electron chi connectivity index (χ3n) is 4.45. The number of aliphatic hydroxyl groups excluding tert-OH is 1. The number of halogens is 1. The Kier molecular flexibility index (Phi) is 5.84. The van der Waals surface area contributed by atoms with E-state index >= 15 is 0 Å². The van der Waals surface area contributed by atoms with E-state index in [0.29, 0.717) is 6.54 Å². The van der Waals surface area contributed by atoms with Gasteiger partial charge in [-0.2, -0.15) is 0 Å². The molecule has 0 aliphatic heterocycles. The molecule has 0 aliphatic rings. The van der Waals surface area contributed by atoms with Crippen LogP contribution >= 0.6 is 11.6 Å². The molecule has 138 valence electrons. The molecule has 1 heterocycles. The van der Waals surface area contributed by atoms with Crippen LogP contribution in [0.3, 0.4) is 0 Å². The number of hydrogen-bond acceptors (Lipinski definition) is 3. The van der Waals surface area contributed by atoms with Crippen molar-refractivity contribution in [1.82, 2.24) is 9.55 Å². The summed E-state index contributed by atoms with van der Waals surface area (Å²) in [6.45, 7) is 6.72. The van der Waals surface area contributed by atoms with E-state index < -0.39 is 6.10 Å². The minimum atomic E-state index is -0.625. The van der Waals surface area contributed by atoms with Gasteiger partial charge in [0.15, 0.2) is 0 Å². The normalized spacial score (nSPS) is 12.5. The van der Waals surface area contributed by atoms with E-state index in [4.69, 9.17) is 21.3 Å². The van der Waals surface area contributed by atoms with E-state index in [1.165, 1.54) is 0 Å². The standard InChI is InChI=1S/C21H25ClN2O2/c1-4-7-20-23-18-8-5-6-9-19(18)24(20)12-16(25)13-26-17-10-14(2)21(22)15(3)11-17/h5-6,8-11,16,25H,4,7,12-13H2,1-3H3. The molecule has 0 saturated carbocycles. The molecule has 5 heteroatoms. The Morgan fingerprint density at radius 2 is 1.88 bits per heavy atom. The number of benzene rings is 2. The molecule has 4 nitrogen and oxygen atoms in total. The summed E-state index contributed by atoms with van der Waals surface area (Å²) in [6, 6.07) is 11.8. The highest BCUT2D eigenvalue weighted by molar-refractivity contribution is 6.32. The summed E-state index contributed by atoms with van der Waals surface area (Å²) >= 11 is 6.19. The van der Waals surface area contributed by atoms with Crippen molar-refractivity contribution in [3.05, 3.63) is 58.4 Å². The van der Waals surface area contributed by atoms with Crippen LogP contribution in [0.25, 0.3) is 11.0 Å². The smallest absolute Gasteiger partial charge is 0.120 e. The van der Waals surface area contributed by atoms with Crippen LogP contribution in [0, 0.1) is 13.8 Å². The zero-order chi connectivity index (χ0) is 18.7. The molecule has 1 aromatic heterocycles. The number of nitrogens with zero attached hydrogens (tertiary/aromatic N) is 2. The fraction of sp³-hybridized carbons (Fsp3) is 0.381. The maximum absolute atomic E-state index is 10.5. The molecule has 1 unspecified atom stereocenters. The fourth-order valence-electron chi connectivity index (χ4n) is 3.19. The van der Waals surface area contributed by atoms with Gasteiger partial charge in [-0.3, -0.25) is 0 Å². The lowest BCUT2D eigenvalue weighted by atomic mass is 10.1. The Bertz CT molecular complexity index is 881. The number of rotatable bonds is 7. The van der Waals surface area contributed by atoms with Crippen molar-refractivity contribution in [3.63, 3.8) is 0 Å². The van der Waals surface area contributed by atoms with E-state index in [2.05, 4.69) is 11.5 Å². The summed E-state index contributed by atoms with van der Waals surface area (Å²) < 4.78 is 7.91. The molecule has 0 saturated heterocycles. The molecule has 26 heavy (non-hydrogen) atoms. The first-order valence-corrected chi connectivity index (χ1v) is 9.39. The third-order valence-corrected chi connectivity index (χ3v) is 5.05. The van der Waals surface area contributed by atoms with Gasteiger partial charge in [0, 0.05) is 11.4 Å². The van der Waals surface area contributed by atoms with Crippen LogP contribution in [-0.2, 0) is 13.0 Å². The van der Waals surface area contributed by atoms with Crippen LogP contribution < -0.4 is 4.74 Å². The molecule has 0 amide bonds. The lowest BCUT2D eigenvalue weighted by Crippen LogP contribution is -2.24. The molecule has 1 atom stereocenters. The van der Waals surface area contributed by atoms with E-state index in [1.54, 1.807) is 0 Å². The average Bonchev–Trinajstić information content (AvgIpc) is 2.95. The number of ether oxygens (including phenoxy) is 1. The van der Waals surface area contributed by atoms with Crippen LogP contribution in [-0.4, -0.2) is 27.4 Å². The number of para-hydroxylation sites is 2. The number of aliphatic hydroxyl groups is 1. The van der Waals surface area contributed by atoms with E-state index in [-0.39, 0.29) is 6.61 Å². The Morgan fingerprint density at radius 1 is 1.19 bits per heavy atom. The van der Waals surface area contributed by atoms with Gasteiger partial charge in [-0.05, 0) is 55.7 Å². The second-order valence-corrected chi connectivity index (χ2v) is 7.09. The largest absolute Gasteiger partial charge is 0.491 e. The molecule has 0 radical (unpaired) electrons. The van der Waals surface area contributed by atoms with E-state index in [0.717, 1.165) is 51.6 Å². The zero-order valence-corrected chi connectivity index (χ0v) is 16.3. The van der Waals surface area contributed by atoms with Crippen molar-refractivity contribution in [2.45, 2.75) is 46.3 Å². The molecule has 2 aromatic carbocycles. The highest BCUT2D eigenvalue weighted by Gasteiger charge is 2.14. The first kappa shape index (κ1) is 18.7. The minimum Gasteiger partial charge on any atom is -0.491 e. The molecular weight excluding hydrogens is 348 g/mol. The van der Waals surface area contributed by atoms with Gasteiger partial charge < -0.3 is 14.4 Å². The number of imidazole rings is 1. The van der Waals surface area contributed by atoms with Gasteiger partial charge >= 0.3 is 0 Å². The summed E-state index contributed by atoms with van der Waals surface area (Å²) in [5.41, 5.74) is 3.96. The topological polar surface area (TPSA) is 47.3 Å². The van der Waals surface area contributed by atoms with Gasteiger partial charge in [0.1, 0.15) is 24.3 Å². The maximum Gasteiger partial charge on any atom is 0.120 e. The lowest BCUT2D eigenvalue weighted by Gasteiger charge is -2.16. The van der Waals surface area contributed by atoms with E-state index in [1.807, 2.05) is 50.2 Å². The zero-order valence-electron chi connectivity index (χ0n) is 15.5. The van der Waals surface area contributed by atoms with E-state index in [9.17, 15) is 5.11 Å². The Balaban J connectivity index is 1.73. The SMILES string of the molecule is CCCc1nc2ccccc2n1CC(O)COc1cc(C)c(Cl)c(C)c1. The van der Waals surface area contributed by atoms with Crippen LogP contribution in [0.4, 0.5) is 0 Å². The van der Waals surface area contributed by atoms with Crippen molar-refractivity contribution >= 4 is 22.6 Å². The second kappa shape index (κ2) is 8.11. The first-order chi connectivity index (χ1) is 12.5. The number of aryl methyl sites for hydroxylation is 3. The molecular formula is C21H25ClN2O2. The van der Waals surface area contributed by atoms with Crippen LogP contribution in [0.15, 0.2) is 36.4 Å². The van der Waals surface area contributed by atoms with Gasteiger partial charge in [0.25, 0.3) is 0 Å². The predicted octanol–water partition coefficient (Wildman–Crippen LogP) is 4.70. The van der Waals surface area contributed by atoms with Crippen molar-refractivity contribution in [2.75, 3.05) is 6.61 Å². The summed E-state index contributed by atoms with van der Waals surface area (Å²) in [4.78, 5) is 4.70. The third kappa shape index (κ3) is 4.02. The van der Waals surface area contributed by atoms with Crippen LogP contribution in [0.1, 0.15) is 30.3 Å². The average molecular weight is 373 g/mol. The van der Waals surface area contributed by atoms with Crippen LogP contribution in [0.5, 0.6) is 5.75 Å². The maximum atomic E-state index is 10.5. The minimum absolute atomic E-state index is 0.221. The monoisotopic (exact) mass is 372 g/mol. The predicted molar refractivity (Wildman–Crippen MR) is 106 cm³/mol. The number of aromatic nitrogens is 2. The van der Waals surface area contributed by atoms with Gasteiger partial charge in [-0.1, -0.05) is 30.7 Å². The van der Waals surface area contributed by atoms with Gasteiger partial charge in [0.2, 0.25) is 0 Å². The summed E-state index contributed by atoms with van der Waals surface area (Å²) in [5.74, 6) is 1.73. The Labute approximate surface area is 159 Å². The molecule has 0 spiro atoms. The highest BCUT2D eigenvalue weighted by atomic mass is 35.5. The molecule has 3 rings (SSSR count). The van der Waals surface area contributed by atoms with Crippen molar-refractivity contribution in [2.24, 2.45) is 0 Å². The fourth-order valence-corrected chi connectivity index (χ4v) is 3.30. The van der Waals surface area contributed by atoms with Crippen molar-refractivity contribution in [3.8, 4) is 5.75 Å². The number of hydrogen-bond donors (Lipinski definition) is 1. The number of fused-ring (bicyclic) bond motifs is 1. The summed E-state index contributed by atoms with van der Waals surface area (Å²) in [7, 11) is 0. The summed E-state index contributed by atoms with van der Waals surface area (Å²) in [6.07, 6.45) is 1.27. The molecule has 0 fully saturated rings. The molecule has 1 N–H and O–H groups in total. The quantitative estimate of drug-likeness (QED) is 0.654. The Hall–Kier alpha value is -2.04. The molecule has 0 bridgehead atoms. The van der Waals surface area contributed by atoms with Crippen molar-refractivity contribution in [1.29, 1.82) is 0 Å². The lowest BCUT2D eigenvalue weighted by molar-refractivity contribution is 0.0926. The van der Waals surface area contributed by atoms with Gasteiger partial charge in [-0.25, -0.2) is 4.98 Å². The van der Waals surface area contributed by atoms with Crippen molar-refractivity contribution < 1.29 is 9.84 Å². The molecule has 3 aromatic rings. The second-order valence-electron chi connectivity index (χ2n) is 6.71. The van der Waals surface area contributed by atoms with Gasteiger partial charge in [-0.15, -0.1) is 0 Å². The summed E-state index contributed by atoms with van der Waals surface area (Å²) in [5, 5.41) is 11.3. The highest BCUT2D eigenvalue weighted by Crippen LogP contribution is 2.26.